The van der Waals surface area contributed by atoms with Crippen molar-refractivity contribution in [2.45, 2.75) is 18.4 Å². The molecule has 0 bridgehead atoms. The topological polar surface area (TPSA) is 71.7 Å². The molecule has 1 saturated heterocycles. The molecule has 18 heavy (non-hydrogen) atoms. The zero-order valence-electron chi connectivity index (χ0n) is 10.1. The fourth-order valence-electron chi connectivity index (χ4n) is 1.93. The van der Waals surface area contributed by atoms with Crippen LogP contribution >= 0.6 is 0 Å². The third-order valence-corrected chi connectivity index (χ3v) is 3.08. The fourth-order valence-corrected chi connectivity index (χ4v) is 1.93. The van der Waals surface area contributed by atoms with Crippen molar-refractivity contribution in [3.63, 3.8) is 0 Å². The van der Waals surface area contributed by atoms with Crippen LogP contribution in [0.15, 0.2) is 28.9 Å². The second kappa shape index (κ2) is 5.84. The Kier molecular flexibility index (Phi) is 4.17. The van der Waals surface area contributed by atoms with Crippen molar-refractivity contribution in [3.8, 4) is 0 Å². The normalized spacial score (nSPS) is 18.9. The van der Waals surface area contributed by atoms with Gasteiger partial charge in [-0.25, -0.2) is 0 Å². The molecular formula is C13H17NO4. The molecule has 1 aliphatic rings. The average molecular weight is 251 g/mol. The highest BCUT2D eigenvalue weighted by Crippen LogP contribution is 2.20. The monoisotopic (exact) mass is 251 g/mol. The van der Waals surface area contributed by atoms with Crippen LogP contribution in [-0.4, -0.2) is 36.4 Å². The number of hydrogen-bond acceptors (Lipinski definition) is 4. The molecule has 0 aliphatic carbocycles. The molecule has 0 spiro atoms. The summed E-state index contributed by atoms with van der Waals surface area (Å²) in [6.07, 6.45) is 5.81. The van der Waals surface area contributed by atoms with Gasteiger partial charge in [-0.3, -0.25) is 4.79 Å². The van der Waals surface area contributed by atoms with E-state index in [4.69, 9.17) is 9.15 Å². The molecule has 2 rings (SSSR count). The maximum Gasteiger partial charge on any atom is 0.244 e. The van der Waals surface area contributed by atoms with Gasteiger partial charge in [-0.05, 0) is 31.1 Å². The number of furan rings is 1. The molecule has 1 aromatic rings. The molecule has 5 nitrogen and oxygen atoms in total. The summed E-state index contributed by atoms with van der Waals surface area (Å²) >= 11 is 0. The summed E-state index contributed by atoms with van der Waals surface area (Å²) in [5.41, 5.74) is -0.553. The largest absolute Gasteiger partial charge is 0.465 e. The Labute approximate surface area is 105 Å². The first-order valence-electron chi connectivity index (χ1n) is 5.96. The molecule has 1 amide bonds. The highest BCUT2D eigenvalue weighted by molar-refractivity contribution is 5.91. The Hall–Kier alpha value is -1.59. The Morgan fingerprint density at radius 2 is 2.28 bits per heavy atom. The van der Waals surface area contributed by atoms with E-state index in [1.807, 2.05) is 0 Å². The maximum absolute atomic E-state index is 11.8. The molecule has 1 aliphatic heterocycles. The summed E-state index contributed by atoms with van der Waals surface area (Å²) in [6, 6.07) is 3.52. The summed E-state index contributed by atoms with van der Waals surface area (Å²) in [6.45, 7) is 1.04. The van der Waals surface area contributed by atoms with Crippen molar-refractivity contribution in [3.05, 3.63) is 30.2 Å². The van der Waals surface area contributed by atoms with Crippen LogP contribution < -0.4 is 5.32 Å². The lowest BCUT2D eigenvalue weighted by atomic mass is 9.91. The van der Waals surface area contributed by atoms with E-state index in [0.29, 0.717) is 31.8 Å². The molecule has 0 aromatic carbocycles. The third kappa shape index (κ3) is 3.21. The summed E-state index contributed by atoms with van der Waals surface area (Å²) in [7, 11) is 0. The number of ether oxygens (including phenoxy) is 1. The number of nitrogens with one attached hydrogen (secondary N) is 1. The van der Waals surface area contributed by atoms with Crippen LogP contribution in [-0.2, 0) is 9.53 Å². The SMILES string of the molecule is O=C(/C=C/c1ccco1)NC1(CO)CCOCC1. The molecule has 2 N–H and O–H groups in total. The van der Waals surface area contributed by atoms with Crippen LogP contribution in [0.4, 0.5) is 0 Å². The maximum atomic E-state index is 11.8. The van der Waals surface area contributed by atoms with Gasteiger partial charge in [0.25, 0.3) is 0 Å². The molecule has 0 saturated carbocycles. The number of amides is 1. The van der Waals surface area contributed by atoms with Crippen LogP contribution in [0.2, 0.25) is 0 Å². The van der Waals surface area contributed by atoms with E-state index in [-0.39, 0.29) is 12.5 Å². The molecule has 0 unspecified atom stereocenters. The lowest BCUT2D eigenvalue weighted by molar-refractivity contribution is -0.120. The Balaban J connectivity index is 1.93. The Morgan fingerprint density at radius 1 is 1.50 bits per heavy atom. The molecule has 98 valence electrons. The predicted molar refractivity (Wildman–Crippen MR) is 65.8 cm³/mol. The molecule has 1 fully saturated rings. The van der Waals surface area contributed by atoms with Crippen LogP contribution in [0.1, 0.15) is 18.6 Å². The Morgan fingerprint density at radius 3 is 2.89 bits per heavy atom. The molecule has 5 heteroatoms. The number of rotatable bonds is 4. The first-order valence-corrected chi connectivity index (χ1v) is 5.96. The van der Waals surface area contributed by atoms with E-state index in [9.17, 15) is 9.90 Å². The fraction of sp³-hybridized carbons (Fsp3) is 0.462. The zero-order valence-corrected chi connectivity index (χ0v) is 10.1. The predicted octanol–water partition coefficient (Wildman–Crippen LogP) is 0.951. The second-order valence-electron chi connectivity index (χ2n) is 4.39. The van der Waals surface area contributed by atoms with Crippen LogP contribution in [0, 0.1) is 0 Å². The van der Waals surface area contributed by atoms with E-state index in [1.54, 1.807) is 24.5 Å². The van der Waals surface area contributed by atoms with Crippen molar-refractivity contribution in [1.82, 2.24) is 5.32 Å². The van der Waals surface area contributed by atoms with E-state index in [2.05, 4.69) is 5.32 Å². The smallest absolute Gasteiger partial charge is 0.244 e. The van der Waals surface area contributed by atoms with E-state index in [0.717, 1.165) is 0 Å². The Bertz CT molecular complexity index is 405. The van der Waals surface area contributed by atoms with Crippen LogP contribution in [0.25, 0.3) is 6.08 Å². The van der Waals surface area contributed by atoms with Crippen LogP contribution in [0.3, 0.4) is 0 Å². The van der Waals surface area contributed by atoms with Gasteiger partial charge in [0, 0.05) is 19.3 Å². The van der Waals surface area contributed by atoms with Gasteiger partial charge in [-0.15, -0.1) is 0 Å². The van der Waals surface area contributed by atoms with Gasteiger partial charge in [-0.1, -0.05) is 0 Å². The highest BCUT2D eigenvalue weighted by Gasteiger charge is 2.32. The van der Waals surface area contributed by atoms with Crippen molar-refractivity contribution in [2.24, 2.45) is 0 Å². The highest BCUT2D eigenvalue weighted by atomic mass is 16.5. The average Bonchev–Trinajstić information content (AvgIpc) is 2.91. The van der Waals surface area contributed by atoms with Gasteiger partial charge >= 0.3 is 0 Å². The first kappa shape index (κ1) is 12.9. The van der Waals surface area contributed by atoms with Crippen molar-refractivity contribution < 1.29 is 19.1 Å². The minimum Gasteiger partial charge on any atom is -0.465 e. The number of carbonyl (C=O) groups is 1. The molecule has 0 atom stereocenters. The summed E-state index contributed by atoms with van der Waals surface area (Å²) in [5.74, 6) is 0.387. The number of aliphatic hydroxyl groups excluding tert-OH is 1. The molecule has 2 heterocycles. The second-order valence-corrected chi connectivity index (χ2v) is 4.39. The molecular weight excluding hydrogens is 234 g/mol. The van der Waals surface area contributed by atoms with E-state index in [1.165, 1.54) is 6.08 Å². The quantitative estimate of drug-likeness (QED) is 0.782. The third-order valence-electron chi connectivity index (χ3n) is 3.08. The van der Waals surface area contributed by atoms with Gasteiger partial charge in [0.05, 0.1) is 18.4 Å². The molecule has 0 radical (unpaired) electrons. The van der Waals surface area contributed by atoms with Crippen molar-refractivity contribution in [2.75, 3.05) is 19.8 Å². The number of aliphatic hydroxyl groups is 1. The summed E-state index contributed by atoms with van der Waals surface area (Å²) < 4.78 is 10.3. The van der Waals surface area contributed by atoms with Crippen LogP contribution in [0.5, 0.6) is 0 Å². The first-order chi connectivity index (χ1) is 8.74. The summed E-state index contributed by atoms with van der Waals surface area (Å²) in [5, 5.41) is 12.3. The minimum atomic E-state index is -0.553. The lowest BCUT2D eigenvalue weighted by Crippen LogP contribution is -2.54. The standard InChI is InChI=1S/C13H17NO4/c15-10-13(5-8-17-9-6-13)14-12(16)4-3-11-2-1-7-18-11/h1-4,7,15H,5-6,8-10H2,(H,14,16)/b4-3+. The van der Waals surface area contributed by atoms with E-state index < -0.39 is 5.54 Å². The van der Waals surface area contributed by atoms with Gasteiger partial charge in [0.15, 0.2) is 0 Å². The van der Waals surface area contributed by atoms with Gasteiger partial charge in [0.1, 0.15) is 5.76 Å². The van der Waals surface area contributed by atoms with Gasteiger partial charge in [0.2, 0.25) is 5.91 Å². The van der Waals surface area contributed by atoms with Crippen molar-refractivity contribution in [1.29, 1.82) is 0 Å². The van der Waals surface area contributed by atoms with Gasteiger partial charge in [-0.2, -0.15) is 0 Å². The molecule has 1 aromatic heterocycles. The minimum absolute atomic E-state index is 0.0727. The number of carbonyl (C=O) groups excluding carboxylic acids is 1. The van der Waals surface area contributed by atoms with E-state index >= 15 is 0 Å². The van der Waals surface area contributed by atoms with Gasteiger partial charge < -0.3 is 19.6 Å². The zero-order chi connectivity index (χ0) is 12.8. The lowest BCUT2D eigenvalue weighted by Gasteiger charge is -2.35. The number of hydrogen-bond donors (Lipinski definition) is 2. The summed E-state index contributed by atoms with van der Waals surface area (Å²) in [4.78, 5) is 11.8. The van der Waals surface area contributed by atoms with Crippen molar-refractivity contribution >= 4 is 12.0 Å².